The number of anilines is 1. The second kappa shape index (κ2) is 13.8. The summed E-state index contributed by atoms with van der Waals surface area (Å²) in [4.78, 5) is 28.8. The molecule has 0 saturated heterocycles. The Labute approximate surface area is 241 Å². The molecule has 0 aliphatic rings. The molecule has 10 heteroatoms. The van der Waals surface area contributed by atoms with Crippen LogP contribution in [0.4, 0.5) is 10.1 Å². The highest BCUT2D eigenvalue weighted by molar-refractivity contribution is 7.92. The van der Waals surface area contributed by atoms with Gasteiger partial charge >= 0.3 is 0 Å². The first kappa shape index (κ1) is 31.1. The maximum absolute atomic E-state index is 14.8. The third-order valence-corrected chi connectivity index (χ3v) is 7.92. The smallest absolute Gasteiger partial charge is 0.244 e. The number of nitrogens with one attached hydrogen (secondary N) is 1. The molecule has 0 aliphatic heterocycles. The van der Waals surface area contributed by atoms with Gasteiger partial charge in [0.1, 0.15) is 18.4 Å². The molecule has 0 aromatic heterocycles. The fourth-order valence-corrected chi connectivity index (χ4v) is 5.15. The Kier molecular flexibility index (Phi) is 10.7. The van der Waals surface area contributed by atoms with Crippen molar-refractivity contribution in [2.75, 3.05) is 23.7 Å². The summed E-state index contributed by atoms with van der Waals surface area (Å²) in [5, 5.41) is 3.24. The second-order valence-corrected chi connectivity index (χ2v) is 12.5. The van der Waals surface area contributed by atoms with Gasteiger partial charge in [-0.2, -0.15) is 0 Å². The largest absolute Gasteiger partial charge is 0.354 e. The topological polar surface area (TPSA) is 86.8 Å². The van der Waals surface area contributed by atoms with Crippen molar-refractivity contribution in [2.45, 2.75) is 39.8 Å². The monoisotopic (exact) mass is 587 g/mol. The van der Waals surface area contributed by atoms with Gasteiger partial charge in [0.2, 0.25) is 21.8 Å². The predicted octanol–water partition coefficient (Wildman–Crippen LogP) is 4.97. The zero-order valence-electron chi connectivity index (χ0n) is 23.1. The number of hydrogen-bond acceptors (Lipinski definition) is 4. The molecule has 3 rings (SSSR count). The van der Waals surface area contributed by atoms with Gasteiger partial charge in [-0.1, -0.05) is 80.0 Å². The summed E-state index contributed by atoms with van der Waals surface area (Å²) in [7, 11) is -3.93. The lowest BCUT2D eigenvalue weighted by Crippen LogP contribution is -2.53. The van der Waals surface area contributed by atoms with Gasteiger partial charge in [0.25, 0.3) is 0 Å². The first-order chi connectivity index (χ1) is 18.9. The van der Waals surface area contributed by atoms with Crippen LogP contribution in [-0.2, 0) is 32.6 Å². The Morgan fingerprint density at radius 1 is 1.00 bits per heavy atom. The van der Waals surface area contributed by atoms with E-state index in [1.165, 1.54) is 29.2 Å². The van der Waals surface area contributed by atoms with E-state index in [4.69, 9.17) is 11.6 Å². The molecule has 2 amide bonds. The Morgan fingerprint density at radius 3 is 2.25 bits per heavy atom. The van der Waals surface area contributed by atoms with Crippen molar-refractivity contribution in [1.29, 1.82) is 0 Å². The lowest BCUT2D eigenvalue weighted by molar-refractivity contribution is -0.140. The average Bonchev–Trinajstić information content (AvgIpc) is 2.90. The van der Waals surface area contributed by atoms with Crippen LogP contribution >= 0.6 is 11.6 Å². The molecule has 0 unspecified atom stereocenters. The Hall–Kier alpha value is -3.43. The van der Waals surface area contributed by atoms with Gasteiger partial charge in [-0.05, 0) is 42.2 Å². The second-order valence-electron chi connectivity index (χ2n) is 10.2. The number of hydrogen-bond donors (Lipinski definition) is 1. The lowest BCUT2D eigenvalue weighted by Gasteiger charge is -2.33. The zero-order chi connectivity index (χ0) is 29.4. The maximum atomic E-state index is 14.8. The zero-order valence-corrected chi connectivity index (χ0v) is 24.7. The van der Waals surface area contributed by atoms with E-state index in [0.29, 0.717) is 11.6 Å². The van der Waals surface area contributed by atoms with Crippen molar-refractivity contribution in [3.05, 3.63) is 100 Å². The molecule has 1 atom stereocenters. The maximum Gasteiger partial charge on any atom is 0.244 e. The van der Waals surface area contributed by atoms with E-state index in [0.717, 1.165) is 21.7 Å². The van der Waals surface area contributed by atoms with Crippen LogP contribution in [0.1, 0.15) is 30.5 Å². The molecule has 3 aromatic carbocycles. The molecule has 1 N–H and O–H groups in total. The van der Waals surface area contributed by atoms with Crippen LogP contribution in [0.25, 0.3) is 0 Å². The summed E-state index contributed by atoms with van der Waals surface area (Å²) in [6.07, 6.45) is 1.15. The number of aryl methyl sites for hydroxylation is 1. The molecule has 0 aliphatic carbocycles. The molecular weight excluding hydrogens is 553 g/mol. The van der Waals surface area contributed by atoms with Crippen molar-refractivity contribution in [3.8, 4) is 0 Å². The van der Waals surface area contributed by atoms with Gasteiger partial charge in [-0.25, -0.2) is 12.8 Å². The molecule has 0 spiro atoms. The number of rotatable bonds is 12. The first-order valence-electron chi connectivity index (χ1n) is 12.9. The van der Waals surface area contributed by atoms with E-state index in [9.17, 15) is 22.4 Å². The summed E-state index contributed by atoms with van der Waals surface area (Å²) < 4.78 is 41.4. The molecule has 40 heavy (non-hydrogen) atoms. The Morgan fingerprint density at radius 2 is 1.65 bits per heavy atom. The summed E-state index contributed by atoms with van der Waals surface area (Å²) in [5.41, 5.74) is 1.95. The molecule has 0 saturated carbocycles. The fraction of sp³-hybridized carbons (Fsp3) is 0.333. The number of carbonyl (C=O) groups is 2. The molecule has 0 heterocycles. The van der Waals surface area contributed by atoms with Gasteiger partial charge < -0.3 is 10.2 Å². The molecule has 0 fully saturated rings. The Balaban J connectivity index is 2.07. The van der Waals surface area contributed by atoms with Gasteiger partial charge in [0.15, 0.2) is 0 Å². The van der Waals surface area contributed by atoms with E-state index < -0.39 is 40.2 Å². The summed E-state index contributed by atoms with van der Waals surface area (Å²) in [5.74, 6) is -1.45. The van der Waals surface area contributed by atoms with Crippen LogP contribution in [0.15, 0.2) is 72.8 Å². The van der Waals surface area contributed by atoms with Crippen LogP contribution in [-0.4, -0.2) is 50.5 Å². The first-order valence-corrected chi connectivity index (χ1v) is 15.2. The number of sulfonamides is 1. The SMILES string of the molecule is Cc1ccc(N(CC(=O)N(Cc2ccccc2F)[C@@H](Cc2ccccc2)C(=O)NCC(C)C)S(C)(=O)=O)cc1Cl. The third kappa shape index (κ3) is 8.53. The van der Waals surface area contributed by atoms with Gasteiger partial charge in [0, 0.05) is 30.1 Å². The molecule has 0 bridgehead atoms. The van der Waals surface area contributed by atoms with Crippen molar-refractivity contribution in [3.63, 3.8) is 0 Å². The quantitative estimate of drug-likeness (QED) is 0.324. The molecule has 0 radical (unpaired) electrons. The number of halogens is 2. The van der Waals surface area contributed by atoms with E-state index in [-0.39, 0.29) is 30.1 Å². The normalized spacial score (nSPS) is 12.2. The molecule has 214 valence electrons. The van der Waals surface area contributed by atoms with E-state index in [1.807, 2.05) is 44.2 Å². The van der Waals surface area contributed by atoms with Crippen LogP contribution in [0.3, 0.4) is 0 Å². The highest BCUT2D eigenvalue weighted by atomic mass is 35.5. The standard InChI is InChI=1S/C30H35ClFN3O4S/c1-21(2)18-33-30(37)28(16-23-10-6-5-7-11-23)34(19-24-12-8-9-13-27(24)32)29(36)20-35(40(4,38)39)25-15-14-22(3)26(31)17-25/h5-15,17,21,28H,16,18-20H2,1-4H3,(H,33,37)/t28-/m0/s1. The summed E-state index contributed by atoms with van der Waals surface area (Å²) in [6.45, 7) is 5.22. The van der Waals surface area contributed by atoms with Crippen LogP contribution in [0, 0.1) is 18.7 Å². The number of nitrogens with zero attached hydrogens (tertiary/aromatic N) is 2. The van der Waals surface area contributed by atoms with Crippen LogP contribution < -0.4 is 9.62 Å². The van der Waals surface area contributed by atoms with Crippen molar-refractivity contribution in [1.82, 2.24) is 10.2 Å². The van der Waals surface area contributed by atoms with Gasteiger partial charge in [0.05, 0.1) is 11.9 Å². The van der Waals surface area contributed by atoms with Crippen LogP contribution in [0.5, 0.6) is 0 Å². The Bertz CT molecular complexity index is 1430. The average molecular weight is 588 g/mol. The van der Waals surface area contributed by atoms with Crippen molar-refractivity contribution < 1.29 is 22.4 Å². The molecule has 3 aromatic rings. The van der Waals surface area contributed by atoms with E-state index >= 15 is 0 Å². The van der Waals surface area contributed by atoms with E-state index in [1.54, 1.807) is 25.1 Å². The molecular formula is C30H35ClFN3O4S. The predicted molar refractivity (Wildman–Crippen MR) is 157 cm³/mol. The summed E-state index contributed by atoms with van der Waals surface area (Å²) in [6, 6.07) is 18.8. The van der Waals surface area contributed by atoms with Crippen molar-refractivity contribution in [2.24, 2.45) is 5.92 Å². The number of amides is 2. The highest BCUT2D eigenvalue weighted by Crippen LogP contribution is 2.26. The molecule has 7 nitrogen and oxygen atoms in total. The van der Waals surface area contributed by atoms with Crippen molar-refractivity contribution >= 4 is 39.1 Å². The minimum Gasteiger partial charge on any atom is -0.354 e. The lowest BCUT2D eigenvalue weighted by atomic mass is 10.0. The minimum absolute atomic E-state index is 0.153. The fourth-order valence-electron chi connectivity index (χ4n) is 4.14. The summed E-state index contributed by atoms with van der Waals surface area (Å²) >= 11 is 6.26. The van der Waals surface area contributed by atoms with Gasteiger partial charge in [-0.3, -0.25) is 13.9 Å². The van der Waals surface area contributed by atoms with Crippen LogP contribution in [0.2, 0.25) is 5.02 Å². The van der Waals surface area contributed by atoms with E-state index in [2.05, 4.69) is 5.32 Å². The highest BCUT2D eigenvalue weighted by Gasteiger charge is 2.33. The third-order valence-electron chi connectivity index (χ3n) is 6.38. The minimum atomic E-state index is -3.93. The number of carbonyl (C=O) groups excluding carboxylic acids is 2. The van der Waals surface area contributed by atoms with Gasteiger partial charge in [-0.15, -0.1) is 0 Å². The number of benzene rings is 3.